The van der Waals surface area contributed by atoms with E-state index in [4.69, 9.17) is 0 Å². The number of thioether (sulfide) groups is 1. The monoisotopic (exact) mass is 300 g/mol. The maximum atomic E-state index is 3.71. The van der Waals surface area contributed by atoms with Crippen LogP contribution in [-0.4, -0.2) is 48.6 Å². The second-order valence-corrected chi connectivity index (χ2v) is 8.28. The van der Waals surface area contributed by atoms with Gasteiger partial charge >= 0.3 is 0 Å². The van der Waals surface area contributed by atoms with Gasteiger partial charge in [0.15, 0.2) is 0 Å². The van der Waals surface area contributed by atoms with Gasteiger partial charge in [0.05, 0.1) is 0 Å². The van der Waals surface area contributed by atoms with Crippen LogP contribution in [0, 0.1) is 11.3 Å². The van der Waals surface area contributed by atoms with Gasteiger partial charge in [-0.2, -0.15) is 11.8 Å². The summed E-state index contributed by atoms with van der Waals surface area (Å²) < 4.78 is 0. The summed E-state index contributed by atoms with van der Waals surface area (Å²) in [7, 11) is 0. The molecule has 1 N–H and O–H groups in total. The number of hydrogen-bond donors (Lipinski definition) is 1. The summed E-state index contributed by atoms with van der Waals surface area (Å²) in [4.78, 5) is 2.73. The van der Waals surface area contributed by atoms with Crippen LogP contribution >= 0.6 is 11.8 Å². The molecule has 0 spiro atoms. The van der Waals surface area contributed by atoms with Gasteiger partial charge in [-0.25, -0.2) is 0 Å². The molecule has 20 heavy (non-hydrogen) atoms. The highest BCUT2D eigenvalue weighted by molar-refractivity contribution is 8.00. The molecule has 0 aliphatic carbocycles. The van der Waals surface area contributed by atoms with Crippen LogP contribution in [0.2, 0.25) is 0 Å². The predicted molar refractivity (Wildman–Crippen MR) is 93.7 cm³/mol. The van der Waals surface area contributed by atoms with Crippen molar-refractivity contribution in [2.45, 2.75) is 59.1 Å². The van der Waals surface area contributed by atoms with E-state index in [1.165, 1.54) is 51.2 Å². The molecule has 2 nitrogen and oxygen atoms in total. The molecule has 1 rings (SSSR count). The Morgan fingerprint density at radius 3 is 2.50 bits per heavy atom. The third-order valence-electron chi connectivity index (χ3n) is 4.79. The molecule has 0 aromatic carbocycles. The van der Waals surface area contributed by atoms with Crippen LogP contribution in [0.3, 0.4) is 0 Å². The van der Waals surface area contributed by atoms with E-state index in [9.17, 15) is 0 Å². The Morgan fingerprint density at radius 2 is 1.95 bits per heavy atom. The Hall–Kier alpha value is 0.270. The largest absolute Gasteiger partial charge is 0.316 e. The van der Waals surface area contributed by atoms with Gasteiger partial charge < -0.3 is 10.2 Å². The van der Waals surface area contributed by atoms with Crippen molar-refractivity contribution >= 4 is 11.8 Å². The number of rotatable bonds is 9. The van der Waals surface area contributed by atoms with E-state index in [0.29, 0.717) is 5.41 Å². The summed E-state index contributed by atoms with van der Waals surface area (Å²) in [5.41, 5.74) is 0.467. The van der Waals surface area contributed by atoms with E-state index < -0.39 is 0 Å². The molecule has 1 unspecified atom stereocenters. The average molecular weight is 301 g/mol. The van der Waals surface area contributed by atoms with Crippen molar-refractivity contribution in [1.82, 2.24) is 10.2 Å². The zero-order valence-corrected chi connectivity index (χ0v) is 15.2. The summed E-state index contributed by atoms with van der Waals surface area (Å²) in [6.07, 6.45) is 3.89. The van der Waals surface area contributed by atoms with E-state index in [1.807, 2.05) is 0 Å². The lowest BCUT2D eigenvalue weighted by Gasteiger charge is -2.41. The standard InChI is InChI=1S/C17H36N2S/c1-6-16-12-19(9-10-20-16)14-17(7-2,8-3)13-18-11-15(4)5/h15-16,18H,6-14H2,1-5H3. The van der Waals surface area contributed by atoms with E-state index in [0.717, 1.165) is 17.7 Å². The van der Waals surface area contributed by atoms with E-state index in [2.05, 4.69) is 56.6 Å². The normalized spacial score (nSPS) is 21.6. The molecule has 1 saturated heterocycles. The molecule has 1 fully saturated rings. The molecular weight excluding hydrogens is 264 g/mol. The molecule has 0 radical (unpaired) electrons. The topological polar surface area (TPSA) is 15.3 Å². The van der Waals surface area contributed by atoms with Gasteiger partial charge in [-0.05, 0) is 37.1 Å². The highest BCUT2D eigenvalue weighted by Gasteiger charge is 2.30. The van der Waals surface area contributed by atoms with Crippen molar-refractivity contribution in [2.24, 2.45) is 11.3 Å². The number of hydrogen-bond acceptors (Lipinski definition) is 3. The van der Waals surface area contributed by atoms with Crippen molar-refractivity contribution in [3.8, 4) is 0 Å². The average Bonchev–Trinajstić information content (AvgIpc) is 2.46. The summed E-state index contributed by atoms with van der Waals surface area (Å²) in [5, 5.41) is 4.57. The van der Waals surface area contributed by atoms with Gasteiger partial charge in [0, 0.05) is 37.2 Å². The molecule has 0 aromatic rings. The van der Waals surface area contributed by atoms with Crippen LogP contribution in [0.1, 0.15) is 53.9 Å². The SMILES string of the molecule is CCC1CN(CC(CC)(CC)CNCC(C)C)CCS1. The van der Waals surface area contributed by atoms with Crippen molar-refractivity contribution in [2.75, 3.05) is 38.5 Å². The zero-order valence-electron chi connectivity index (χ0n) is 14.4. The Bertz CT molecular complexity index is 251. The fraction of sp³-hybridized carbons (Fsp3) is 1.00. The molecule has 0 bridgehead atoms. The molecule has 0 amide bonds. The smallest absolute Gasteiger partial charge is 0.0172 e. The van der Waals surface area contributed by atoms with E-state index >= 15 is 0 Å². The van der Waals surface area contributed by atoms with E-state index in [1.54, 1.807) is 0 Å². The van der Waals surface area contributed by atoms with Crippen molar-refractivity contribution in [3.05, 3.63) is 0 Å². The van der Waals surface area contributed by atoms with Gasteiger partial charge in [0.25, 0.3) is 0 Å². The lowest BCUT2D eigenvalue weighted by molar-refractivity contribution is 0.135. The second-order valence-electron chi connectivity index (χ2n) is 6.87. The van der Waals surface area contributed by atoms with Crippen molar-refractivity contribution < 1.29 is 0 Å². The Morgan fingerprint density at radius 1 is 1.25 bits per heavy atom. The lowest BCUT2D eigenvalue weighted by atomic mass is 9.81. The summed E-state index contributed by atoms with van der Waals surface area (Å²) in [6, 6.07) is 0. The van der Waals surface area contributed by atoms with Crippen LogP contribution in [0.25, 0.3) is 0 Å². The molecular formula is C17H36N2S. The predicted octanol–water partition coefficient (Wildman–Crippen LogP) is 3.87. The molecule has 120 valence electrons. The van der Waals surface area contributed by atoms with Crippen LogP contribution in [0.5, 0.6) is 0 Å². The maximum Gasteiger partial charge on any atom is 0.0172 e. The third-order valence-corrected chi connectivity index (χ3v) is 6.16. The minimum atomic E-state index is 0.467. The fourth-order valence-corrected chi connectivity index (χ4v) is 4.30. The Balaban J connectivity index is 2.51. The molecule has 1 aliphatic heterocycles. The first-order valence-electron chi connectivity index (χ1n) is 8.60. The maximum absolute atomic E-state index is 3.71. The number of nitrogens with one attached hydrogen (secondary N) is 1. The van der Waals surface area contributed by atoms with Crippen LogP contribution in [0.15, 0.2) is 0 Å². The van der Waals surface area contributed by atoms with Gasteiger partial charge in [-0.3, -0.25) is 0 Å². The molecule has 1 atom stereocenters. The minimum Gasteiger partial charge on any atom is -0.316 e. The Labute approximate surface area is 131 Å². The molecule has 1 aliphatic rings. The highest BCUT2D eigenvalue weighted by atomic mass is 32.2. The quantitative estimate of drug-likeness (QED) is 0.696. The molecule has 3 heteroatoms. The molecule has 0 aromatic heterocycles. The lowest BCUT2D eigenvalue weighted by Crippen LogP contribution is -2.48. The van der Waals surface area contributed by atoms with Gasteiger partial charge in [-0.1, -0.05) is 34.6 Å². The third kappa shape index (κ3) is 5.95. The number of nitrogens with zero attached hydrogens (tertiary/aromatic N) is 1. The summed E-state index contributed by atoms with van der Waals surface area (Å²) >= 11 is 2.17. The molecule has 1 heterocycles. The van der Waals surface area contributed by atoms with Gasteiger partial charge in [-0.15, -0.1) is 0 Å². The first-order valence-corrected chi connectivity index (χ1v) is 9.64. The summed E-state index contributed by atoms with van der Waals surface area (Å²) in [5.74, 6) is 2.07. The van der Waals surface area contributed by atoms with Crippen LogP contribution in [0.4, 0.5) is 0 Å². The van der Waals surface area contributed by atoms with Crippen LogP contribution < -0.4 is 5.32 Å². The second kappa shape index (κ2) is 9.32. The minimum absolute atomic E-state index is 0.467. The first kappa shape index (κ1) is 18.3. The van der Waals surface area contributed by atoms with Gasteiger partial charge in [0.1, 0.15) is 0 Å². The zero-order chi connectivity index (χ0) is 15.0. The summed E-state index contributed by atoms with van der Waals surface area (Å²) in [6.45, 7) is 17.8. The van der Waals surface area contributed by atoms with Gasteiger partial charge in [0.2, 0.25) is 0 Å². The van der Waals surface area contributed by atoms with Crippen LogP contribution in [-0.2, 0) is 0 Å². The Kier molecular flexibility index (Phi) is 8.54. The molecule has 0 saturated carbocycles. The van der Waals surface area contributed by atoms with Crippen molar-refractivity contribution in [3.63, 3.8) is 0 Å². The fourth-order valence-electron chi connectivity index (χ4n) is 3.05. The van der Waals surface area contributed by atoms with E-state index in [-0.39, 0.29) is 0 Å². The highest BCUT2D eigenvalue weighted by Crippen LogP contribution is 2.30. The van der Waals surface area contributed by atoms with Crippen molar-refractivity contribution in [1.29, 1.82) is 0 Å². The first-order chi connectivity index (χ1) is 9.55.